The topological polar surface area (TPSA) is 29.5 Å². The molecule has 2 aliphatic rings. The summed E-state index contributed by atoms with van der Waals surface area (Å²) in [6.45, 7) is 5.57. The van der Waals surface area contributed by atoms with E-state index in [0.717, 1.165) is 18.3 Å². The summed E-state index contributed by atoms with van der Waals surface area (Å²) in [6.07, 6.45) is 5.92. The molecular formula is C14H25NO2S. The van der Waals surface area contributed by atoms with E-state index >= 15 is 0 Å². The van der Waals surface area contributed by atoms with E-state index in [1.54, 1.807) is 0 Å². The Morgan fingerprint density at radius 1 is 1.50 bits per heavy atom. The van der Waals surface area contributed by atoms with E-state index in [1.807, 2.05) is 0 Å². The van der Waals surface area contributed by atoms with Gasteiger partial charge in [0, 0.05) is 18.3 Å². The molecular weight excluding hydrogens is 246 g/mol. The monoisotopic (exact) mass is 271 g/mol. The molecule has 0 bridgehead atoms. The molecule has 2 heterocycles. The summed E-state index contributed by atoms with van der Waals surface area (Å²) in [5.74, 6) is 1.23. The predicted molar refractivity (Wildman–Crippen MR) is 75.9 cm³/mol. The second-order valence-corrected chi connectivity index (χ2v) is 7.39. The van der Waals surface area contributed by atoms with Gasteiger partial charge in [0.1, 0.15) is 0 Å². The van der Waals surface area contributed by atoms with Crippen molar-refractivity contribution in [3.63, 3.8) is 0 Å². The quantitative estimate of drug-likeness (QED) is 0.738. The van der Waals surface area contributed by atoms with Gasteiger partial charge in [-0.25, -0.2) is 0 Å². The summed E-state index contributed by atoms with van der Waals surface area (Å²) in [4.78, 5) is 13.7. The third kappa shape index (κ3) is 3.64. The maximum atomic E-state index is 11.2. The molecule has 0 aromatic rings. The van der Waals surface area contributed by atoms with Crippen LogP contribution in [0.3, 0.4) is 0 Å². The molecule has 0 aromatic heterocycles. The van der Waals surface area contributed by atoms with Crippen LogP contribution < -0.4 is 0 Å². The highest BCUT2D eigenvalue weighted by Crippen LogP contribution is 2.44. The number of esters is 1. The SMILES string of the molecule is COC(=O)CCN1CCCC2(CCSC(C)C2)C1. The summed E-state index contributed by atoms with van der Waals surface area (Å²) < 4.78 is 4.73. The maximum absolute atomic E-state index is 11.2. The first-order valence-corrected chi connectivity index (χ1v) is 8.09. The van der Waals surface area contributed by atoms with Crippen molar-refractivity contribution in [2.45, 2.75) is 44.3 Å². The molecule has 0 aliphatic carbocycles. The molecule has 104 valence electrons. The van der Waals surface area contributed by atoms with E-state index < -0.39 is 0 Å². The Labute approximate surface area is 115 Å². The van der Waals surface area contributed by atoms with E-state index in [0.29, 0.717) is 11.8 Å². The molecule has 2 unspecified atom stereocenters. The first-order chi connectivity index (χ1) is 8.63. The van der Waals surface area contributed by atoms with E-state index in [1.165, 1.54) is 45.1 Å². The molecule has 1 spiro atoms. The average molecular weight is 271 g/mol. The number of hydrogen-bond acceptors (Lipinski definition) is 4. The van der Waals surface area contributed by atoms with Gasteiger partial charge in [-0.3, -0.25) is 4.79 Å². The van der Waals surface area contributed by atoms with Crippen molar-refractivity contribution in [2.75, 3.05) is 32.5 Å². The largest absolute Gasteiger partial charge is 0.469 e. The van der Waals surface area contributed by atoms with E-state index in [4.69, 9.17) is 4.74 Å². The fraction of sp³-hybridized carbons (Fsp3) is 0.929. The molecule has 0 N–H and O–H groups in total. The molecule has 2 fully saturated rings. The van der Waals surface area contributed by atoms with Gasteiger partial charge in [0.05, 0.1) is 13.5 Å². The second-order valence-electron chi connectivity index (χ2n) is 5.84. The Bertz CT molecular complexity index is 294. The number of methoxy groups -OCH3 is 1. The third-order valence-corrected chi connectivity index (χ3v) is 5.53. The van der Waals surface area contributed by atoms with Gasteiger partial charge in [-0.05, 0) is 43.4 Å². The van der Waals surface area contributed by atoms with Crippen LogP contribution in [0, 0.1) is 5.41 Å². The maximum Gasteiger partial charge on any atom is 0.306 e. The van der Waals surface area contributed by atoms with Crippen molar-refractivity contribution in [1.29, 1.82) is 0 Å². The number of hydrogen-bond donors (Lipinski definition) is 0. The first-order valence-electron chi connectivity index (χ1n) is 7.04. The molecule has 2 atom stereocenters. The summed E-state index contributed by atoms with van der Waals surface area (Å²) in [5, 5.41) is 0.805. The van der Waals surface area contributed by atoms with Crippen molar-refractivity contribution < 1.29 is 9.53 Å². The normalized spacial score (nSPS) is 33.6. The second kappa shape index (κ2) is 6.29. The minimum absolute atomic E-state index is 0.0813. The van der Waals surface area contributed by atoms with Crippen LogP contribution in [0.15, 0.2) is 0 Å². The number of piperidine rings is 1. The van der Waals surface area contributed by atoms with Crippen LogP contribution in [0.4, 0.5) is 0 Å². The number of ether oxygens (including phenoxy) is 1. The molecule has 0 amide bonds. The molecule has 0 saturated carbocycles. The third-order valence-electron chi connectivity index (χ3n) is 4.36. The fourth-order valence-corrected chi connectivity index (χ4v) is 4.90. The minimum atomic E-state index is -0.0813. The van der Waals surface area contributed by atoms with E-state index in [9.17, 15) is 4.79 Å². The van der Waals surface area contributed by atoms with Gasteiger partial charge in [-0.15, -0.1) is 0 Å². The molecule has 0 radical (unpaired) electrons. The Hall–Kier alpha value is -0.220. The molecule has 3 nitrogen and oxygen atoms in total. The van der Waals surface area contributed by atoms with Crippen molar-refractivity contribution in [3.05, 3.63) is 0 Å². The Kier molecular flexibility index (Phi) is 4.96. The molecule has 4 heteroatoms. The lowest BCUT2D eigenvalue weighted by Crippen LogP contribution is -2.46. The van der Waals surface area contributed by atoms with Crippen LogP contribution in [-0.2, 0) is 9.53 Å². The number of rotatable bonds is 3. The fourth-order valence-electron chi connectivity index (χ4n) is 3.47. The Balaban J connectivity index is 1.85. The van der Waals surface area contributed by atoms with Crippen LogP contribution in [0.2, 0.25) is 0 Å². The molecule has 2 rings (SSSR count). The highest BCUT2D eigenvalue weighted by molar-refractivity contribution is 7.99. The highest BCUT2D eigenvalue weighted by atomic mass is 32.2. The van der Waals surface area contributed by atoms with Gasteiger partial charge in [-0.2, -0.15) is 11.8 Å². The van der Waals surface area contributed by atoms with Crippen LogP contribution in [-0.4, -0.2) is 48.6 Å². The lowest BCUT2D eigenvalue weighted by Gasteiger charge is -2.46. The van der Waals surface area contributed by atoms with E-state index in [2.05, 4.69) is 23.6 Å². The number of carbonyl (C=O) groups excluding carboxylic acids is 1. The van der Waals surface area contributed by atoms with Crippen molar-refractivity contribution in [2.24, 2.45) is 5.41 Å². The standard InChI is InChI=1S/C14H25NO2S/c1-12-10-14(6-9-18-12)5-3-7-15(11-14)8-4-13(16)17-2/h12H,3-11H2,1-2H3. The first kappa shape index (κ1) is 14.2. The van der Waals surface area contributed by atoms with Crippen LogP contribution in [0.1, 0.15) is 39.0 Å². The summed E-state index contributed by atoms with van der Waals surface area (Å²) in [6, 6.07) is 0. The van der Waals surface area contributed by atoms with Gasteiger partial charge in [0.25, 0.3) is 0 Å². The minimum Gasteiger partial charge on any atom is -0.469 e. The lowest BCUT2D eigenvalue weighted by atomic mass is 9.74. The van der Waals surface area contributed by atoms with Crippen LogP contribution in [0.25, 0.3) is 0 Å². The van der Waals surface area contributed by atoms with Gasteiger partial charge < -0.3 is 9.64 Å². The van der Waals surface area contributed by atoms with Gasteiger partial charge in [-0.1, -0.05) is 6.92 Å². The molecule has 0 aromatic carbocycles. The predicted octanol–water partition coefficient (Wildman–Crippen LogP) is 2.55. The number of nitrogens with zero attached hydrogens (tertiary/aromatic N) is 1. The van der Waals surface area contributed by atoms with Crippen molar-refractivity contribution in [1.82, 2.24) is 4.90 Å². The lowest BCUT2D eigenvalue weighted by molar-refractivity contribution is -0.141. The zero-order chi connectivity index (χ0) is 13.0. The zero-order valence-corrected chi connectivity index (χ0v) is 12.4. The number of thioether (sulfide) groups is 1. The smallest absolute Gasteiger partial charge is 0.306 e. The van der Waals surface area contributed by atoms with Gasteiger partial charge in [0.15, 0.2) is 0 Å². The van der Waals surface area contributed by atoms with Gasteiger partial charge >= 0.3 is 5.97 Å². The van der Waals surface area contributed by atoms with E-state index in [-0.39, 0.29) is 5.97 Å². The Morgan fingerprint density at radius 2 is 2.33 bits per heavy atom. The van der Waals surface area contributed by atoms with Crippen LogP contribution in [0.5, 0.6) is 0 Å². The summed E-state index contributed by atoms with van der Waals surface area (Å²) >= 11 is 2.12. The van der Waals surface area contributed by atoms with Crippen LogP contribution >= 0.6 is 11.8 Å². The van der Waals surface area contributed by atoms with Gasteiger partial charge in [0.2, 0.25) is 0 Å². The zero-order valence-electron chi connectivity index (χ0n) is 11.6. The number of carbonyl (C=O) groups is 1. The molecule has 2 saturated heterocycles. The Morgan fingerprint density at radius 3 is 3.06 bits per heavy atom. The van der Waals surface area contributed by atoms with Crippen molar-refractivity contribution in [3.8, 4) is 0 Å². The summed E-state index contributed by atoms with van der Waals surface area (Å²) in [7, 11) is 1.47. The average Bonchev–Trinajstić information content (AvgIpc) is 2.36. The van der Waals surface area contributed by atoms with Crippen molar-refractivity contribution >= 4 is 17.7 Å². The molecule has 18 heavy (non-hydrogen) atoms. The number of likely N-dealkylation sites (tertiary alicyclic amines) is 1. The highest BCUT2D eigenvalue weighted by Gasteiger charge is 2.38. The molecule has 2 aliphatic heterocycles. The summed E-state index contributed by atoms with van der Waals surface area (Å²) in [5.41, 5.74) is 0.541.